The van der Waals surface area contributed by atoms with Crippen LogP contribution < -0.4 is 10.1 Å². The van der Waals surface area contributed by atoms with Crippen molar-refractivity contribution in [3.63, 3.8) is 0 Å². The lowest BCUT2D eigenvalue weighted by molar-refractivity contribution is -0.123. The molecule has 38 heavy (non-hydrogen) atoms. The van der Waals surface area contributed by atoms with Gasteiger partial charge in [0.2, 0.25) is 6.10 Å². The van der Waals surface area contributed by atoms with E-state index in [0.717, 1.165) is 36.3 Å². The summed E-state index contributed by atoms with van der Waals surface area (Å²) in [6, 6.07) is 6.49. The van der Waals surface area contributed by atoms with E-state index in [1.807, 2.05) is 0 Å². The molecule has 0 aliphatic heterocycles. The number of carbonyl (C=O) groups is 2. The molecule has 1 fully saturated rings. The van der Waals surface area contributed by atoms with Crippen molar-refractivity contribution in [2.45, 2.75) is 48.9 Å². The number of amides is 1. The molecule has 1 saturated carbocycles. The lowest BCUT2D eigenvalue weighted by atomic mass is 10.1. The molecule has 1 unspecified atom stereocenters. The van der Waals surface area contributed by atoms with Crippen molar-refractivity contribution in [1.29, 1.82) is 0 Å². The Bertz CT molecular complexity index is 1460. The minimum Gasteiger partial charge on any atom is -0.473 e. The predicted molar refractivity (Wildman–Crippen MR) is 137 cm³/mol. The molecule has 2 aromatic carbocycles. The Labute approximate surface area is 226 Å². The molecular formula is C25H23ClF2N2O6S2. The largest absolute Gasteiger partial charge is 0.473 e. The normalized spacial score (nSPS) is 14.7. The molecule has 4 rings (SSSR count). The van der Waals surface area contributed by atoms with Gasteiger partial charge in [0.25, 0.3) is 5.91 Å². The molecule has 3 aromatic rings. The van der Waals surface area contributed by atoms with E-state index in [0.29, 0.717) is 18.9 Å². The van der Waals surface area contributed by atoms with Gasteiger partial charge in [-0.1, -0.05) is 30.5 Å². The van der Waals surface area contributed by atoms with Crippen molar-refractivity contribution >= 4 is 49.8 Å². The summed E-state index contributed by atoms with van der Waals surface area (Å²) < 4.78 is 64.4. The second-order valence-electron chi connectivity index (χ2n) is 8.46. The quantitative estimate of drug-likeness (QED) is 0.320. The SMILES string of the molecule is CCOC(=O)c1csc(NC(=O)C(Oc2ccc(F)cc2F)c2ccc(S(=O)(=O)C3CCCC3)c(Cl)c2)n1. The molecule has 0 radical (unpaired) electrons. The number of thiazole rings is 1. The summed E-state index contributed by atoms with van der Waals surface area (Å²) in [5.41, 5.74) is 0.0995. The van der Waals surface area contributed by atoms with Gasteiger partial charge in [-0.3, -0.25) is 10.1 Å². The number of benzene rings is 2. The van der Waals surface area contributed by atoms with Gasteiger partial charge in [0, 0.05) is 17.0 Å². The standard InChI is InChI=1S/C25H23ClF2N2O6S2/c1-2-35-24(32)19-13-37-25(29-19)30-23(31)22(36-20-9-8-15(27)12-18(20)28)14-7-10-21(17(26)11-14)38(33,34)16-5-3-4-6-16/h7-13,16,22H,2-6H2,1H3,(H,29,30,31). The summed E-state index contributed by atoms with van der Waals surface area (Å²) in [6.45, 7) is 1.78. The summed E-state index contributed by atoms with van der Waals surface area (Å²) in [5.74, 6) is -3.79. The average molecular weight is 585 g/mol. The number of nitrogens with zero attached hydrogens (tertiary/aromatic N) is 1. The first-order valence-electron chi connectivity index (χ1n) is 11.7. The van der Waals surface area contributed by atoms with Crippen LogP contribution in [0.2, 0.25) is 5.02 Å². The summed E-state index contributed by atoms with van der Waals surface area (Å²) in [5, 5.41) is 3.28. The minimum absolute atomic E-state index is 0.0151. The fourth-order valence-electron chi connectivity index (χ4n) is 4.06. The molecule has 1 aromatic heterocycles. The molecule has 8 nitrogen and oxygen atoms in total. The maximum Gasteiger partial charge on any atom is 0.357 e. The van der Waals surface area contributed by atoms with E-state index in [1.165, 1.54) is 23.6 Å². The molecule has 1 aliphatic rings. The number of rotatable bonds is 9. The third-order valence-corrected chi connectivity index (χ3v) is 9.40. The molecule has 13 heteroatoms. The molecule has 1 heterocycles. The lowest BCUT2D eigenvalue weighted by Gasteiger charge is -2.20. The van der Waals surface area contributed by atoms with Gasteiger partial charge in [-0.25, -0.2) is 27.0 Å². The van der Waals surface area contributed by atoms with Crippen LogP contribution in [-0.2, 0) is 19.4 Å². The topological polar surface area (TPSA) is 112 Å². The Kier molecular flexibility index (Phi) is 8.64. The molecule has 0 saturated heterocycles. The maximum atomic E-state index is 14.4. The first-order chi connectivity index (χ1) is 18.1. The maximum absolute atomic E-state index is 14.4. The van der Waals surface area contributed by atoms with E-state index < -0.39 is 50.5 Å². The zero-order valence-electron chi connectivity index (χ0n) is 20.1. The van der Waals surface area contributed by atoms with Gasteiger partial charge >= 0.3 is 5.97 Å². The second-order valence-corrected chi connectivity index (χ2v) is 11.9. The summed E-state index contributed by atoms with van der Waals surface area (Å²) >= 11 is 7.32. The molecule has 1 aliphatic carbocycles. The minimum atomic E-state index is -3.69. The van der Waals surface area contributed by atoms with Crippen LogP contribution in [0, 0.1) is 11.6 Å². The first-order valence-corrected chi connectivity index (χ1v) is 14.5. The van der Waals surface area contributed by atoms with Crippen LogP contribution in [0.5, 0.6) is 5.75 Å². The van der Waals surface area contributed by atoms with Crippen molar-refractivity contribution in [1.82, 2.24) is 4.98 Å². The highest BCUT2D eigenvalue weighted by molar-refractivity contribution is 7.92. The number of esters is 1. The van der Waals surface area contributed by atoms with E-state index in [1.54, 1.807) is 6.92 Å². The van der Waals surface area contributed by atoms with E-state index in [2.05, 4.69) is 10.3 Å². The van der Waals surface area contributed by atoms with Gasteiger partial charge in [-0.2, -0.15) is 0 Å². The van der Waals surface area contributed by atoms with Crippen LogP contribution in [-0.4, -0.2) is 37.1 Å². The zero-order valence-corrected chi connectivity index (χ0v) is 22.5. The average Bonchev–Trinajstić information content (AvgIpc) is 3.57. The highest BCUT2D eigenvalue weighted by Gasteiger charge is 2.33. The van der Waals surface area contributed by atoms with E-state index >= 15 is 0 Å². The number of ether oxygens (including phenoxy) is 2. The lowest BCUT2D eigenvalue weighted by Crippen LogP contribution is -2.26. The van der Waals surface area contributed by atoms with E-state index in [9.17, 15) is 26.8 Å². The van der Waals surface area contributed by atoms with Gasteiger partial charge < -0.3 is 9.47 Å². The number of hydrogen-bond acceptors (Lipinski definition) is 8. The van der Waals surface area contributed by atoms with Crippen molar-refractivity contribution in [3.8, 4) is 5.75 Å². The number of aromatic nitrogens is 1. The first kappa shape index (κ1) is 27.9. The van der Waals surface area contributed by atoms with E-state index in [4.69, 9.17) is 21.1 Å². The number of carbonyl (C=O) groups excluding carboxylic acids is 2. The number of nitrogens with one attached hydrogen (secondary N) is 1. The summed E-state index contributed by atoms with van der Waals surface area (Å²) in [4.78, 5) is 29.1. The fourth-order valence-corrected chi connectivity index (χ4v) is 7.16. The van der Waals surface area contributed by atoms with Crippen LogP contribution in [0.1, 0.15) is 54.8 Å². The number of halogens is 3. The van der Waals surface area contributed by atoms with Gasteiger partial charge in [-0.05, 0) is 44.0 Å². The smallest absolute Gasteiger partial charge is 0.357 e. The van der Waals surface area contributed by atoms with Crippen molar-refractivity contribution in [2.75, 3.05) is 11.9 Å². The second kappa shape index (κ2) is 11.7. The molecule has 1 amide bonds. The van der Waals surface area contributed by atoms with Crippen LogP contribution >= 0.6 is 22.9 Å². The monoisotopic (exact) mass is 584 g/mol. The summed E-state index contributed by atoms with van der Waals surface area (Å²) in [7, 11) is -3.69. The zero-order chi connectivity index (χ0) is 27.4. The Morgan fingerprint density at radius 1 is 1.18 bits per heavy atom. The van der Waals surface area contributed by atoms with Gasteiger partial charge in [-0.15, -0.1) is 11.3 Å². The van der Waals surface area contributed by atoms with Gasteiger partial charge in [0.05, 0.1) is 21.8 Å². The highest BCUT2D eigenvalue weighted by atomic mass is 35.5. The van der Waals surface area contributed by atoms with Gasteiger partial charge in [0.1, 0.15) is 5.82 Å². The van der Waals surface area contributed by atoms with Crippen molar-refractivity contribution < 1.29 is 36.3 Å². The fraction of sp³-hybridized carbons (Fsp3) is 0.320. The van der Waals surface area contributed by atoms with Crippen LogP contribution in [0.3, 0.4) is 0 Å². The Hall–Kier alpha value is -3.09. The Morgan fingerprint density at radius 2 is 1.92 bits per heavy atom. The highest BCUT2D eigenvalue weighted by Crippen LogP contribution is 2.35. The molecule has 1 atom stereocenters. The summed E-state index contributed by atoms with van der Waals surface area (Å²) in [6.07, 6.45) is 1.17. The predicted octanol–water partition coefficient (Wildman–Crippen LogP) is 5.73. The van der Waals surface area contributed by atoms with Crippen molar-refractivity contribution in [2.24, 2.45) is 0 Å². The number of hydrogen-bond donors (Lipinski definition) is 1. The number of anilines is 1. The van der Waals surface area contributed by atoms with E-state index in [-0.39, 0.29) is 32.9 Å². The van der Waals surface area contributed by atoms with Gasteiger partial charge in [0.15, 0.2) is 32.2 Å². The third-order valence-electron chi connectivity index (χ3n) is 5.90. The Morgan fingerprint density at radius 3 is 2.58 bits per heavy atom. The molecule has 0 spiro atoms. The molecule has 1 N–H and O–H groups in total. The van der Waals surface area contributed by atoms with Crippen LogP contribution in [0.15, 0.2) is 46.7 Å². The molecule has 202 valence electrons. The van der Waals surface area contributed by atoms with Crippen molar-refractivity contribution in [3.05, 3.63) is 69.7 Å². The number of sulfone groups is 1. The van der Waals surface area contributed by atoms with Crippen LogP contribution in [0.4, 0.5) is 13.9 Å². The van der Waals surface area contributed by atoms with Crippen LogP contribution in [0.25, 0.3) is 0 Å². The Balaban J connectivity index is 1.65. The third kappa shape index (κ3) is 6.13. The molecular weight excluding hydrogens is 562 g/mol. The molecule has 0 bridgehead atoms.